The van der Waals surface area contributed by atoms with E-state index in [1.807, 2.05) is 0 Å². The molecule has 0 aromatic rings. The van der Waals surface area contributed by atoms with Crippen LogP contribution in [-0.2, 0) is 0 Å². The van der Waals surface area contributed by atoms with Crippen LogP contribution in [-0.4, -0.2) is 53.9 Å². The van der Waals surface area contributed by atoms with Crippen molar-refractivity contribution in [2.24, 2.45) is 31.9 Å². The third-order valence-electron chi connectivity index (χ3n) is 0.513. The van der Waals surface area contributed by atoms with Crippen LogP contribution in [0.4, 0.5) is 0 Å². The molecule has 0 bridgehead atoms. The van der Waals surface area contributed by atoms with Gasteiger partial charge in [-0.05, 0) is 0 Å². The first-order valence-corrected chi connectivity index (χ1v) is 4.40. The van der Waals surface area contributed by atoms with Crippen molar-refractivity contribution in [2.75, 3.05) is 0 Å². The van der Waals surface area contributed by atoms with E-state index in [4.69, 9.17) is 11.5 Å². The molecule has 0 saturated carbocycles. The van der Waals surface area contributed by atoms with Crippen molar-refractivity contribution in [3.05, 3.63) is 0 Å². The molecule has 12 heavy (non-hydrogen) atoms. The van der Waals surface area contributed by atoms with E-state index in [9.17, 15) is 0 Å². The molecule has 0 aromatic carbocycles. The number of rotatable bonds is 3. The molecule has 0 rings (SSSR count). The number of nitrogens with zero attached hydrogens (tertiary/aromatic N) is 4. The summed E-state index contributed by atoms with van der Waals surface area (Å²) in [6.45, 7) is 0. The first kappa shape index (κ1) is 11.3. The van der Waals surface area contributed by atoms with Gasteiger partial charge in [-0.25, -0.2) is 0 Å². The van der Waals surface area contributed by atoms with Crippen molar-refractivity contribution in [3.8, 4) is 0 Å². The summed E-state index contributed by atoms with van der Waals surface area (Å²) in [5, 5.41) is 14.0. The molecule has 0 atom stereocenters. The van der Waals surface area contributed by atoms with E-state index in [0.29, 0.717) is 0 Å². The summed E-state index contributed by atoms with van der Waals surface area (Å²) in [4.78, 5) is 0. The van der Waals surface area contributed by atoms with Gasteiger partial charge >= 0.3 is 85.8 Å². The number of amidine groups is 2. The van der Waals surface area contributed by atoms with E-state index in [1.54, 1.807) is 0 Å². The van der Waals surface area contributed by atoms with Gasteiger partial charge in [-0.2, -0.15) is 0 Å². The second-order valence-electron chi connectivity index (χ2n) is 1.41. The number of hydrogen-bond acceptors (Lipinski definition) is 4. The predicted octanol–water partition coefficient (Wildman–Crippen LogP) is -2.08. The Bertz CT molecular complexity index is 208. The molecule has 2 radical (unpaired) electrons. The van der Waals surface area contributed by atoms with Gasteiger partial charge < -0.3 is 0 Å². The summed E-state index contributed by atoms with van der Waals surface area (Å²) < 4.78 is 0.512. The second kappa shape index (κ2) is 6.99. The van der Waals surface area contributed by atoms with Crippen molar-refractivity contribution in [1.82, 2.24) is 0 Å². The van der Waals surface area contributed by atoms with Crippen LogP contribution < -0.4 is 11.5 Å². The Labute approximate surface area is 85.9 Å². The number of nitrogens with two attached hydrogens (primary N) is 2. The van der Waals surface area contributed by atoms with Crippen molar-refractivity contribution >= 4 is 53.9 Å². The fourth-order valence-electron chi connectivity index (χ4n) is 0.240. The predicted molar refractivity (Wildman–Crippen MR) is 51.7 cm³/mol. The van der Waals surface area contributed by atoms with Gasteiger partial charge in [-0.3, -0.25) is 0 Å². The minimum absolute atomic E-state index is 0.256. The minimum atomic E-state index is 0.256. The van der Waals surface area contributed by atoms with Gasteiger partial charge in [0, 0.05) is 0 Å². The van der Waals surface area contributed by atoms with E-state index >= 15 is 0 Å². The van der Waals surface area contributed by atoms with Crippen molar-refractivity contribution in [3.63, 3.8) is 0 Å². The second-order valence-corrected chi connectivity index (χ2v) is 3.16. The number of hydrogen-bond donors (Lipinski definition) is 2. The third kappa shape index (κ3) is 9.32. The molecule has 0 fully saturated rings. The van der Waals surface area contributed by atoms with Gasteiger partial charge in [0.05, 0.1) is 0 Å². The molecule has 0 aliphatic heterocycles. The van der Waals surface area contributed by atoms with E-state index in [2.05, 4.69) is 52.4 Å². The van der Waals surface area contributed by atoms with Crippen LogP contribution in [0.2, 0.25) is 0 Å². The topological polar surface area (TPSA) is 101 Å². The quantitative estimate of drug-likeness (QED) is 0.270. The van der Waals surface area contributed by atoms with Gasteiger partial charge in [0.1, 0.15) is 0 Å². The van der Waals surface area contributed by atoms with E-state index in [1.165, 1.54) is 12.4 Å². The molecular weight excluding hydrogens is 290 g/mol. The molecule has 6 nitrogen and oxygen atoms in total. The van der Waals surface area contributed by atoms with Crippen LogP contribution in [0.1, 0.15) is 0 Å². The molecule has 0 aromatic heterocycles. The molecule has 64 valence electrons. The summed E-state index contributed by atoms with van der Waals surface area (Å²) in [6, 6.07) is 0. The van der Waals surface area contributed by atoms with Crippen LogP contribution >= 0.6 is 0 Å². The fourth-order valence-corrected chi connectivity index (χ4v) is 0.438. The zero-order valence-corrected chi connectivity index (χ0v) is 9.34. The van der Waals surface area contributed by atoms with Crippen LogP contribution in [0.15, 0.2) is 20.4 Å². The Morgan fingerprint density at radius 3 is 1.50 bits per heavy atom. The third-order valence-corrected chi connectivity index (χ3v) is 0.855. The SMILES string of the molecule is N/C([Se])=N/N=C/C=N/N=C(/N)[Se]. The zero-order chi connectivity index (χ0) is 9.40. The van der Waals surface area contributed by atoms with Gasteiger partial charge in [0.15, 0.2) is 0 Å². The molecule has 0 saturated heterocycles. The molecule has 8 heteroatoms. The van der Waals surface area contributed by atoms with E-state index < -0.39 is 0 Å². The fraction of sp³-hybridized carbons (Fsp3) is 0. The van der Waals surface area contributed by atoms with Crippen molar-refractivity contribution < 1.29 is 0 Å². The van der Waals surface area contributed by atoms with E-state index in [-0.39, 0.29) is 9.47 Å². The van der Waals surface area contributed by atoms with Crippen LogP contribution in [0.25, 0.3) is 0 Å². The summed E-state index contributed by atoms with van der Waals surface area (Å²) in [6.07, 6.45) is 2.66. The Morgan fingerprint density at radius 1 is 0.917 bits per heavy atom. The Morgan fingerprint density at radius 2 is 1.25 bits per heavy atom. The standard InChI is InChI=1S/C4H6N6Se2/c5-3(11)9-7-1-2-8-10-4(6)12/h1-2H,(H2,5,9)(H2,6,10)/b7-1+,8-2+. The summed E-state index contributed by atoms with van der Waals surface area (Å²) in [5.41, 5.74) is 10.3. The first-order valence-electron chi connectivity index (χ1n) is 2.68. The van der Waals surface area contributed by atoms with Crippen molar-refractivity contribution in [1.29, 1.82) is 0 Å². The summed E-state index contributed by atoms with van der Waals surface area (Å²) in [7, 11) is 0. The van der Waals surface area contributed by atoms with E-state index in [0.717, 1.165) is 0 Å². The normalized spacial score (nSPS) is 14.7. The summed E-state index contributed by atoms with van der Waals surface area (Å²) in [5.74, 6) is 0. The molecule has 4 N–H and O–H groups in total. The molecule has 0 amide bonds. The van der Waals surface area contributed by atoms with Crippen molar-refractivity contribution in [2.45, 2.75) is 0 Å². The molecule has 0 aliphatic rings. The van der Waals surface area contributed by atoms with Gasteiger partial charge in [0.2, 0.25) is 0 Å². The maximum absolute atomic E-state index is 5.14. The Hall–Kier alpha value is -0.681. The monoisotopic (exact) mass is 298 g/mol. The molecule has 0 aliphatic carbocycles. The molecular formula is C4H6N6Se2. The summed E-state index contributed by atoms with van der Waals surface area (Å²) >= 11 is 4.93. The van der Waals surface area contributed by atoms with Crippen LogP contribution in [0.5, 0.6) is 0 Å². The van der Waals surface area contributed by atoms with Crippen LogP contribution in [0.3, 0.4) is 0 Å². The zero-order valence-electron chi connectivity index (χ0n) is 5.91. The Kier molecular flexibility index (Phi) is 6.60. The molecule has 0 spiro atoms. The van der Waals surface area contributed by atoms with Gasteiger partial charge in [-0.15, -0.1) is 0 Å². The maximum atomic E-state index is 5.14. The molecule has 0 unspecified atom stereocenters. The average molecular weight is 296 g/mol. The Balaban J connectivity index is 3.83. The van der Waals surface area contributed by atoms with Gasteiger partial charge in [0.25, 0.3) is 0 Å². The molecule has 0 heterocycles. The first-order chi connectivity index (χ1) is 5.63. The average Bonchev–Trinajstić information content (AvgIpc) is 1.95. The van der Waals surface area contributed by atoms with Gasteiger partial charge in [-0.1, -0.05) is 0 Å². The van der Waals surface area contributed by atoms with Crippen LogP contribution in [0, 0.1) is 0 Å².